The molecule has 2 aromatic rings. The van der Waals surface area contributed by atoms with E-state index in [1.165, 1.54) is 4.31 Å². The third kappa shape index (κ3) is 4.40. The molecule has 29 heavy (non-hydrogen) atoms. The molecule has 0 saturated carbocycles. The Morgan fingerprint density at radius 1 is 1.21 bits per heavy atom. The molecule has 2 atom stereocenters. The number of para-hydroxylation sites is 2. The lowest BCUT2D eigenvalue weighted by Gasteiger charge is -2.34. The Balaban J connectivity index is 1.83. The summed E-state index contributed by atoms with van der Waals surface area (Å²) in [7, 11) is -0.465. The third-order valence-corrected chi connectivity index (χ3v) is 5.84. The van der Waals surface area contributed by atoms with E-state index in [2.05, 4.69) is 5.32 Å². The highest BCUT2D eigenvalue weighted by atomic mass is 32.2. The van der Waals surface area contributed by atoms with E-state index in [1.807, 2.05) is 0 Å². The van der Waals surface area contributed by atoms with Gasteiger partial charge in [0, 0.05) is 5.56 Å². The zero-order chi connectivity index (χ0) is 21.2. The number of carbonyl (C=O) groups excluding carboxylic acids is 1. The lowest BCUT2D eigenvalue weighted by molar-refractivity contribution is -0.128. The van der Waals surface area contributed by atoms with Crippen LogP contribution in [0.25, 0.3) is 0 Å². The van der Waals surface area contributed by atoms with Crippen molar-refractivity contribution in [3.05, 3.63) is 48.0 Å². The van der Waals surface area contributed by atoms with Gasteiger partial charge in [-0.15, -0.1) is 0 Å². The number of nitrogens with one attached hydrogen (secondary N) is 1. The fraction of sp³-hybridized carbons (Fsp3) is 0.350. The molecule has 0 bridgehead atoms. The standard InChI is InChI=1S/C20H24N2O6S/c1-13(15-11-14(26-2)9-10-17(15)27-3)21-20(23)19-12-22(29(4,24)25)16-7-5-6-8-18(16)28-19/h5-11,13,19H,12H2,1-4H3,(H,21,23)/t13-,19+/m1/s1. The van der Waals surface area contributed by atoms with Crippen LogP contribution >= 0.6 is 0 Å². The number of benzene rings is 2. The van der Waals surface area contributed by atoms with Crippen molar-refractivity contribution in [2.24, 2.45) is 0 Å². The largest absolute Gasteiger partial charge is 0.497 e. The lowest BCUT2D eigenvalue weighted by atomic mass is 10.1. The number of rotatable bonds is 6. The molecule has 9 heteroatoms. The second kappa shape index (κ2) is 8.20. The van der Waals surface area contributed by atoms with E-state index in [9.17, 15) is 13.2 Å². The number of methoxy groups -OCH3 is 2. The van der Waals surface area contributed by atoms with Gasteiger partial charge in [-0.25, -0.2) is 8.42 Å². The van der Waals surface area contributed by atoms with Crippen LogP contribution in [0, 0.1) is 0 Å². The first-order valence-corrected chi connectivity index (χ1v) is 10.8. The molecule has 1 heterocycles. The minimum atomic E-state index is -3.57. The first-order valence-electron chi connectivity index (χ1n) is 9.00. The van der Waals surface area contributed by atoms with E-state index in [1.54, 1.807) is 63.6 Å². The van der Waals surface area contributed by atoms with Crippen LogP contribution in [0.15, 0.2) is 42.5 Å². The maximum absolute atomic E-state index is 12.9. The maximum atomic E-state index is 12.9. The molecular weight excluding hydrogens is 396 g/mol. The fourth-order valence-corrected chi connectivity index (χ4v) is 4.13. The number of amides is 1. The Kier molecular flexibility index (Phi) is 5.88. The smallest absolute Gasteiger partial charge is 0.263 e. The molecule has 156 valence electrons. The summed E-state index contributed by atoms with van der Waals surface area (Å²) in [6.07, 6.45) is 0.118. The topological polar surface area (TPSA) is 94.2 Å². The van der Waals surface area contributed by atoms with Crippen molar-refractivity contribution < 1.29 is 27.4 Å². The zero-order valence-corrected chi connectivity index (χ0v) is 17.5. The van der Waals surface area contributed by atoms with Gasteiger partial charge in [-0.05, 0) is 37.3 Å². The van der Waals surface area contributed by atoms with Gasteiger partial charge >= 0.3 is 0 Å². The van der Waals surface area contributed by atoms with Crippen LogP contribution in [0.4, 0.5) is 5.69 Å². The lowest BCUT2D eigenvalue weighted by Crippen LogP contribution is -2.50. The molecule has 2 aromatic carbocycles. The number of nitrogens with zero attached hydrogens (tertiary/aromatic N) is 1. The predicted molar refractivity (Wildman–Crippen MR) is 109 cm³/mol. The molecule has 0 spiro atoms. The highest BCUT2D eigenvalue weighted by molar-refractivity contribution is 7.92. The van der Waals surface area contributed by atoms with Gasteiger partial charge in [0.1, 0.15) is 17.2 Å². The van der Waals surface area contributed by atoms with Gasteiger partial charge in [-0.2, -0.15) is 0 Å². The fourth-order valence-electron chi connectivity index (χ4n) is 3.21. The van der Waals surface area contributed by atoms with Crippen molar-refractivity contribution in [1.82, 2.24) is 5.32 Å². The molecule has 1 aliphatic heterocycles. The van der Waals surface area contributed by atoms with Crippen LogP contribution in [0.5, 0.6) is 17.2 Å². The summed E-state index contributed by atoms with van der Waals surface area (Å²) in [5, 5.41) is 2.87. The minimum Gasteiger partial charge on any atom is -0.497 e. The van der Waals surface area contributed by atoms with Crippen LogP contribution in [-0.2, 0) is 14.8 Å². The summed E-state index contributed by atoms with van der Waals surface area (Å²) in [6.45, 7) is 1.70. The van der Waals surface area contributed by atoms with E-state index in [0.29, 0.717) is 22.9 Å². The highest BCUT2D eigenvalue weighted by Gasteiger charge is 2.35. The SMILES string of the molecule is COc1ccc(OC)c([C@@H](C)NC(=O)[C@@H]2CN(S(C)(=O)=O)c3ccccc3O2)c1. The second-order valence-electron chi connectivity index (χ2n) is 6.71. The molecule has 0 aromatic heterocycles. The zero-order valence-electron chi connectivity index (χ0n) is 16.7. The Morgan fingerprint density at radius 3 is 2.59 bits per heavy atom. The molecule has 1 aliphatic rings. The van der Waals surface area contributed by atoms with E-state index >= 15 is 0 Å². The number of sulfonamides is 1. The Hall–Kier alpha value is -2.94. The summed E-state index contributed by atoms with van der Waals surface area (Å²) < 4.78 is 42.0. The van der Waals surface area contributed by atoms with E-state index in [0.717, 1.165) is 11.8 Å². The van der Waals surface area contributed by atoms with Gasteiger partial charge in [0.15, 0.2) is 6.10 Å². The molecule has 3 rings (SSSR count). The normalized spacial score (nSPS) is 17.0. The van der Waals surface area contributed by atoms with Crippen LogP contribution in [0.1, 0.15) is 18.5 Å². The first kappa shape index (κ1) is 20.8. The second-order valence-corrected chi connectivity index (χ2v) is 8.61. The van der Waals surface area contributed by atoms with E-state index in [4.69, 9.17) is 14.2 Å². The van der Waals surface area contributed by atoms with Crippen molar-refractivity contribution in [3.63, 3.8) is 0 Å². The Labute approximate surface area is 170 Å². The third-order valence-electron chi connectivity index (χ3n) is 4.69. The summed E-state index contributed by atoms with van der Waals surface area (Å²) in [5.41, 5.74) is 1.15. The van der Waals surface area contributed by atoms with Gasteiger partial charge in [0.2, 0.25) is 10.0 Å². The predicted octanol–water partition coefficient (Wildman–Crippen LogP) is 2.11. The number of hydrogen-bond acceptors (Lipinski definition) is 6. The molecule has 1 amide bonds. The van der Waals surface area contributed by atoms with Crippen LogP contribution in [-0.4, -0.2) is 47.4 Å². The highest BCUT2D eigenvalue weighted by Crippen LogP contribution is 2.35. The van der Waals surface area contributed by atoms with Crippen molar-refractivity contribution in [3.8, 4) is 17.2 Å². The van der Waals surface area contributed by atoms with Gasteiger partial charge in [0.25, 0.3) is 5.91 Å². The number of hydrogen-bond donors (Lipinski definition) is 1. The van der Waals surface area contributed by atoms with Gasteiger partial charge in [-0.3, -0.25) is 9.10 Å². The summed E-state index contributed by atoms with van der Waals surface area (Å²) in [6, 6.07) is 11.6. The molecule has 0 unspecified atom stereocenters. The maximum Gasteiger partial charge on any atom is 0.263 e. The average Bonchev–Trinajstić information content (AvgIpc) is 2.71. The average molecular weight is 420 g/mol. The van der Waals surface area contributed by atoms with Crippen molar-refractivity contribution in [1.29, 1.82) is 0 Å². The van der Waals surface area contributed by atoms with Gasteiger partial charge in [-0.1, -0.05) is 12.1 Å². The molecule has 0 fully saturated rings. The van der Waals surface area contributed by atoms with Gasteiger partial charge in [0.05, 0.1) is 38.7 Å². The van der Waals surface area contributed by atoms with Crippen molar-refractivity contribution >= 4 is 21.6 Å². The van der Waals surface area contributed by atoms with Crippen LogP contribution in [0.3, 0.4) is 0 Å². The summed E-state index contributed by atoms with van der Waals surface area (Å²) >= 11 is 0. The molecule has 0 aliphatic carbocycles. The summed E-state index contributed by atoms with van der Waals surface area (Å²) in [5.74, 6) is 1.15. The van der Waals surface area contributed by atoms with Crippen LogP contribution in [0.2, 0.25) is 0 Å². The Bertz CT molecular complexity index is 1010. The summed E-state index contributed by atoms with van der Waals surface area (Å²) in [4.78, 5) is 12.9. The van der Waals surface area contributed by atoms with Crippen molar-refractivity contribution in [2.75, 3.05) is 31.3 Å². The van der Waals surface area contributed by atoms with Crippen LogP contribution < -0.4 is 23.8 Å². The van der Waals surface area contributed by atoms with Crippen molar-refractivity contribution in [2.45, 2.75) is 19.1 Å². The monoisotopic (exact) mass is 420 g/mol. The Morgan fingerprint density at radius 2 is 1.93 bits per heavy atom. The number of carbonyl (C=O) groups is 1. The first-order chi connectivity index (χ1) is 13.7. The minimum absolute atomic E-state index is 0.107. The molecular formula is C20H24N2O6S. The molecule has 0 radical (unpaired) electrons. The number of ether oxygens (including phenoxy) is 3. The van der Waals surface area contributed by atoms with E-state index in [-0.39, 0.29) is 6.54 Å². The molecule has 0 saturated heterocycles. The molecule has 1 N–H and O–H groups in total. The quantitative estimate of drug-likeness (QED) is 0.769. The molecule has 8 nitrogen and oxygen atoms in total. The van der Waals surface area contributed by atoms with Gasteiger partial charge < -0.3 is 19.5 Å². The number of anilines is 1. The number of fused-ring (bicyclic) bond motifs is 1. The van der Waals surface area contributed by atoms with E-state index < -0.39 is 28.1 Å².